The lowest BCUT2D eigenvalue weighted by Gasteiger charge is -2.22. The minimum atomic E-state index is -0.0499. The molecule has 0 aromatic heterocycles. The van der Waals surface area contributed by atoms with Crippen molar-refractivity contribution in [2.24, 2.45) is 0 Å². The topological polar surface area (TPSA) is 49.5 Å². The fraction of sp³-hybridized carbons (Fsp3) is 0.625. The molecule has 1 aromatic rings. The van der Waals surface area contributed by atoms with Crippen LogP contribution in [0, 0.1) is 0 Å². The average Bonchev–Trinajstić information content (AvgIpc) is 3.31. The Bertz CT molecular complexity index is 427. The van der Waals surface area contributed by atoms with E-state index in [4.69, 9.17) is 23.7 Å². The smallest absolute Gasteiger partial charge is 0.157 e. The molecule has 3 atom stereocenters. The highest BCUT2D eigenvalue weighted by Crippen LogP contribution is 2.26. The van der Waals surface area contributed by atoms with Crippen molar-refractivity contribution in [1.29, 1.82) is 0 Å². The summed E-state index contributed by atoms with van der Waals surface area (Å²) in [5.74, 6) is 1.64. The Balaban J connectivity index is 1.32. The van der Waals surface area contributed by atoms with Crippen LogP contribution in [0.5, 0.6) is 11.5 Å². The van der Waals surface area contributed by atoms with E-state index in [1.807, 2.05) is 24.3 Å². The Kier molecular flexibility index (Phi) is 4.95. The monoisotopic (exact) mass is 294 g/mol. The normalized spacial score (nSPS) is 28.1. The first-order chi connectivity index (χ1) is 10.3. The third kappa shape index (κ3) is 4.33. The maximum absolute atomic E-state index is 5.70. The second-order valence-corrected chi connectivity index (χ2v) is 5.33. The molecule has 5 nitrogen and oxygen atoms in total. The fourth-order valence-corrected chi connectivity index (χ4v) is 2.37. The van der Waals surface area contributed by atoms with Gasteiger partial charge in [0.2, 0.25) is 0 Å². The molecule has 1 aromatic carbocycles. The Morgan fingerprint density at radius 3 is 2.52 bits per heavy atom. The van der Waals surface area contributed by atoms with Crippen molar-refractivity contribution in [2.45, 2.75) is 37.8 Å². The van der Waals surface area contributed by atoms with Gasteiger partial charge < -0.3 is 23.7 Å². The molecule has 2 heterocycles. The molecule has 21 heavy (non-hydrogen) atoms. The van der Waals surface area contributed by atoms with Gasteiger partial charge >= 0.3 is 0 Å². The molecule has 1 unspecified atom stereocenters. The van der Waals surface area contributed by atoms with Gasteiger partial charge in [-0.25, -0.2) is 0 Å². The van der Waals surface area contributed by atoms with E-state index in [1.54, 1.807) is 7.11 Å². The summed E-state index contributed by atoms with van der Waals surface area (Å²) >= 11 is 0. The summed E-state index contributed by atoms with van der Waals surface area (Å²) in [6, 6.07) is 7.54. The number of epoxide rings is 1. The number of methoxy groups -OCH3 is 1. The van der Waals surface area contributed by atoms with Gasteiger partial charge in [-0.3, -0.25) is 0 Å². The van der Waals surface area contributed by atoms with Gasteiger partial charge in [-0.05, 0) is 43.5 Å². The largest absolute Gasteiger partial charge is 0.497 e. The van der Waals surface area contributed by atoms with Crippen molar-refractivity contribution in [3.8, 4) is 11.5 Å². The molecule has 0 radical (unpaired) electrons. The first-order valence-corrected chi connectivity index (χ1v) is 7.50. The third-order valence-electron chi connectivity index (χ3n) is 3.75. The maximum atomic E-state index is 5.70. The van der Waals surface area contributed by atoms with Crippen LogP contribution in [0.2, 0.25) is 0 Å². The van der Waals surface area contributed by atoms with E-state index in [1.165, 1.54) is 6.42 Å². The zero-order valence-corrected chi connectivity index (χ0v) is 12.3. The first kappa shape index (κ1) is 14.6. The van der Waals surface area contributed by atoms with E-state index in [-0.39, 0.29) is 18.5 Å². The highest BCUT2D eigenvalue weighted by atomic mass is 16.7. The summed E-state index contributed by atoms with van der Waals surface area (Å²) in [6.07, 6.45) is 3.51. The maximum Gasteiger partial charge on any atom is 0.157 e. The molecule has 0 aliphatic carbocycles. The summed E-state index contributed by atoms with van der Waals surface area (Å²) in [4.78, 5) is 0. The molecule has 3 rings (SSSR count). The van der Waals surface area contributed by atoms with Crippen LogP contribution in [-0.4, -0.2) is 45.4 Å². The molecule has 0 N–H and O–H groups in total. The van der Waals surface area contributed by atoms with Crippen molar-refractivity contribution >= 4 is 0 Å². The molecule has 2 aliphatic heterocycles. The minimum Gasteiger partial charge on any atom is -0.497 e. The summed E-state index contributed by atoms with van der Waals surface area (Å²) < 4.78 is 27.6. The van der Waals surface area contributed by atoms with Crippen LogP contribution >= 0.6 is 0 Å². The first-order valence-electron chi connectivity index (χ1n) is 7.50. The van der Waals surface area contributed by atoms with Gasteiger partial charge in [-0.2, -0.15) is 0 Å². The second-order valence-electron chi connectivity index (χ2n) is 5.33. The van der Waals surface area contributed by atoms with Gasteiger partial charge in [0.15, 0.2) is 6.29 Å². The van der Waals surface area contributed by atoms with Crippen molar-refractivity contribution < 1.29 is 23.7 Å². The van der Waals surface area contributed by atoms with E-state index in [0.717, 1.165) is 30.9 Å². The molecule has 0 bridgehead atoms. The summed E-state index contributed by atoms with van der Waals surface area (Å²) in [7, 11) is 1.65. The Hall–Kier alpha value is -1.30. The summed E-state index contributed by atoms with van der Waals surface area (Å²) in [5, 5.41) is 0. The molecule has 0 spiro atoms. The quantitative estimate of drug-likeness (QED) is 0.723. The molecular weight excluding hydrogens is 272 g/mol. The molecule has 0 saturated carbocycles. The van der Waals surface area contributed by atoms with Gasteiger partial charge in [-0.15, -0.1) is 0 Å². The zero-order chi connectivity index (χ0) is 14.5. The Morgan fingerprint density at radius 2 is 1.81 bits per heavy atom. The number of hydrogen-bond donors (Lipinski definition) is 0. The summed E-state index contributed by atoms with van der Waals surface area (Å²) in [5.41, 5.74) is 0. The van der Waals surface area contributed by atoms with Gasteiger partial charge in [0, 0.05) is 6.61 Å². The summed E-state index contributed by atoms with van der Waals surface area (Å²) in [6.45, 7) is 1.94. The van der Waals surface area contributed by atoms with Crippen LogP contribution in [0.15, 0.2) is 24.3 Å². The molecule has 2 fully saturated rings. The molecule has 0 amide bonds. The van der Waals surface area contributed by atoms with E-state index >= 15 is 0 Å². The highest BCUT2D eigenvalue weighted by molar-refractivity contribution is 5.31. The van der Waals surface area contributed by atoms with Crippen LogP contribution < -0.4 is 9.47 Å². The predicted octanol–water partition coefficient (Wildman–Crippen LogP) is 2.38. The van der Waals surface area contributed by atoms with E-state index in [0.29, 0.717) is 13.2 Å². The third-order valence-corrected chi connectivity index (χ3v) is 3.75. The predicted molar refractivity (Wildman–Crippen MR) is 76.7 cm³/mol. The van der Waals surface area contributed by atoms with Crippen LogP contribution in [0.25, 0.3) is 0 Å². The SMILES string of the molecule is COc1ccc(OC[C@@H]2O[C@H]2COC2CCCCO2)cc1. The van der Waals surface area contributed by atoms with Crippen molar-refractivity contribution in [3.05, 3.63) is 24.3 Å². The molecule has 5 heteroatoms. The zero-order valence-electron chi connectivity index (χ0n) is 12.3. The van der Waals surface area contributed by atoms with Crippen molar-refractivity contribution in [2.75, 3.05) is 26.9 Å². The molecule has 116 valence electrons. The van der Waals surface area contributed by atoms with Gasteiger partial charge in [0.05, 0.1) is 13.7 Å². The fourth-order valence-electron chi connectivity index (χ4n) is 2.37. The lowest BCUT2D eigenvalue weighted by molar-refractivity contribution is -0.164. The standard InChI is InChI=1S/C16H22O5/c1-17-12-5-7-13(8-6-12)19-10-14-15(21-14)11-20-16-4-2-3-9-18-16/h5-8,14-16H,2-4,9-11H2,1H3/t14-,15-,16?/m0/s1. The van der Waals surface area contributed by atoms with E-state index in [9.17, 15) is 0 Å². The van der Waals surface area contributed by atoms with Gasteiger partial charge in [-0.1, -0.05) is 0 Å². The van der Waals surface area contributed by atoms with E-state index < -0.39 is 0 Å². The van der Waals surface area contributed by atoms with E-state index in [2.05, 4.69) is 0 Å². The molecular formula is C16H22O5. The Labute approximate surface area is 125 Å². The van der Waals surface area contributed by atoms with Crippen LogP contribution in [0.1, 0.15) is 19.3 Å². The number of ether oxygens (including phenoxy) is 5. The van der Waals surface area contributed by atoms with Crippen molar-refractivity contribution in [1.82, 2.24) is 0 Å². The molecule has 2 saturated heterocycles. The van der Waals surface area contributed by atoms with Crippen LogP contribution in [0.3, 0.4) is 0 Å². The number of hydrogen-bond acceptors (Lipinski definition) is 5. The van der Waals surface area contributed by atoms with Gasteiger partial charge in [0.1, 0.15) is 30.3 Å². The highest BCUT2D eigenvalue weighted by Gasteiger charge is 2.40. The van der Waals surface area contributed by atoms with Crippen LogP contribution in [0.4, 0.5) is 0 Å². The second kappa shape index (κ2) is 7.11. The van der Waals surface area contributed by atoms with Crippen molar-refractivity contribution in [3.63, 3.8) is 0 Å². The Morgan fingerprint density at radius 1 is 1.05 bits per heavy atom. The van der Waals surface area contributed by atoms with Crippen LogP contribution in [-0.2, 0) is 14.2 Å². The average molecular weight is 294 g/mol. The number of benzene rings is 1. The lowest BCUT2D eigenvalue weighted by Crippen LogP contribution is -2.24. The lowest BCUT2D eigenvalue weighted by atomic mass is 10.2. The van der Waals surface area contributed by atoms with Gasteiger partial charge in [0.25, 0.3) is 0 Å². The minimum absolute atomic E-state index is 0.0499. The number of rotatable bonds is 7. The molecule has 2 aliphatic rings.